The van der Waals surface area contributed by atoms with Crippen LogP contribution >= 0.6 is 0 Å². The average molecular weight is 467 g/mol. The summed E-state index contributed by atoms with van der Waals surface area (Å²) >= 11 is 0. The van der Waals surface area contributed by atoms with Crippen LogP contribution in [0.5, 0.6) is 11.5 Å². The van der Waals surface area contributed by atoms with Crippen LogP contribution in [0.4, 0.5) is 0 Å². The predicted molar refractivity (Wildman–Crippen MR) is 125 cm³/mol. The van der Waals surface area contributed by atoms with Gasteiger partial charge in [-0.3, -0.25) is 9.69 Å². The van der Waals surface area contributed by atoms with Crippen molar-refractivity contribution >= 4 is 12.0 Å². The molecule has 0 bridgehead atoms. The zero-order valence-corrected chi connectivity index (χ0v) is 20.0. The highest BCUT2D eigenvalue weighted by atomic mass is 16.5. The lowest BCUT2D eigenvalue weighted by atomic mass is 10.1. The summed E-state index contributed by atoms with van der Waals surface area (Å²) < 4.78 is 21.7. The van der Waals surface area contributed by atoms with E-state index < -0.39 is 0 Å². The molecule has 180 valence electrons. The summed E-state index contributed by atoms with van der Waals surface area (Å²) in [4.78, 5) is 16.8. The van der Waals surface area contributed by atoms with Gasteiger partial charge in [-0.15, -0.1) is 0 Å². The van der Waals surface area contributed by atoms with E-state index in [9.17, 15) is 4.79 Å². The van der Waals surface area contributed by atoms with E-state index in [1.54, 1.807) is 19.3 Å². The van der Waals surface area contributed by atoms with Gasteiger partial charge < -0.3 is 23.4 Å². The van der Waals surface area contributed by atoms with Gasteiger partial charge in [0.15, 0.2) is 11.5 Å². The van der Waals surface area contributed by atoms with Crippen molar-refractivity contribution in [1.29, 1.82) is 0 Å². The first-order valence-electron chi connectivity index (χ1n) is 11.3. The molecule has 0 aliphatic carbocycles. The van der Waals surface area contributed by atoms with E-state index in [4.69, 9.17) is 18.5 Å². The molecule has 4 rings (SSSR count). The SMILES string of the molecule is COc1cc(/C=C/C(=O)N2CCN(Cc3cc(C)on3)CC2)ccc1OCc1c(C)noc1C. The van der Waals surface area contributed by atoms with Crippen LogP contribution in [0.15, 0.2) is 39.4 Å². The number of benzene rings is 1. The number of rotatable bonds is 8. The first-order chi connectivity index (χ1) is 16.4. The quantitative estimate of drug-likeness (QED) is 0.466. The largest absolute Gasteiger partial charge is 0.493 e. The van der Waals surface area contributed by atoms with Gasteiger partial charge in [0.1, 0.15) is 18.1 Å². The topological polar surface area (TPSA) is 94.1 Å². The Hall–Kier alpha value is -3.59. The summed E-state index contributed by atoms with van der Waals surface area (Å²) in [6, 6.07) is 7.53. The molecular formula is C25H30N4O5. The van der Waals surface area contributed by atoms with E-state index in [1.807, 2.05) is 49.9 Å². The Morgan fingerprint density at radius 3 is 2.50 bits per heavy atom. The van der Waals surface area contributed by atoms with E-state index in [1.165, 1.54) is 0 Å². The molecule has 1 fully saturated rings. The predicted octanol–water partition coefficient (Wildman–Crippen LogP) is 3.53. The Bertz CT molecular complexity index is 1140. The fourth-order valence-electron chi connectivity index (χ4n) is 3.89. The Balaban J connectivity index is 1.31. The van der Waals surface area contributed by atoms with Gasteiger partial charge in [0.2, 0.25) is 5.91 Å². The molecule has 0 radical (unpaired) electrons. The highest BCUT2D eigenvalue weighted by Gasteiger charge is 2.20. The number of methoxy groups -OCH3 is 1. The van der Waals surface area contributed by atoms with E-state index in [0.29, 0.717) is 31.2 Å². The van der Waals surface area contributed by atoms with Gasteiger partial charge in [-0.1, -0.05) is 16.4 Å². The zero-order valence-electron chi connectivity index (χ0n) is 20.0. The number of amides is 1. The van der Waals surface area contributed by atoms with Crippen molar-refractivity contribution in [2.45, 2.75) is 33.9 Å². The highest BCUT2D eigenvalue weighted by Crippen LogP contribution is 2.30. The third kappa shape index (κ3) is 5.66. The van der Waals surface area contributed by atoms with Gasteiger partial charge in [0.05, 0.1) is 24.1 Å². The van der Waals surface area contributed by atoms with Gasteiger partial charge in [-0.2, -0.15) is 0 Å². The first kappa shape index (κ1) is 23.6. The molecule has 2 aromatic heterocycles. The van der Waals surface area contributed by atoms with Crippen LogP contribution in [0.2, 0.25) is 0 Å². The van der Waals surface area contributed by atoms with Gasteiger partial charge in [0, 0.05) is 44.9 Å². The summed E-state index contributed by atoms with van der Waals surface area (Å²) in [5, 5.41) is 7.99. The van der Waals surface area contributed by atoms with Crippen molar-refractivity contribution in [2.24, 2.45) is 0 Å². The summed E-state index contributed by atoms with van der Waals surface area (Å²) in [5.41, 5.74) is 3.51. The van der Waals surface area contributed by atoms with Crippen molar-refractivity contribution in [3.05, 3.63) is 64.4 Å². The Kier molecular flexibility index (Phi) is 7.32. The normalized spacial score (nSPS) is 14.6. The van der Waals surface area contributed by atoms with E-state index >= 15 is 0 Å². The molecule has 9 nitrogen and oxygen atoms in total. The Morgan fingerprint density at radius 2 is 1.85 bits per heavy atom. The van der Waals surface area contributed by atoms with E-state index in [-0.39, 0.29) is 5.91 Å². The summed E-state index contributed by atoms with van der Waals surface area (Å²) in [5.74, 6) is 2.76. The van der Waals surface area contributed by atoms with Crippen LogP contribution in [0.3, 0.4) is 0 Å². The van der Waals surface area contributed by atoms with Crippen LogP contribution < -0.4 is 9.47 Å². The molecule has 3 heterocycles. The third-order valence-corrected chi connectivity index (χ3v) is 5.91. The van der Waals surface area contributed by atoms with Gasteiger partial charge in [-0.05, 0) is 44.5 Å². The average Bonchev–Trinajstić information content (AvgIpc) is 3.40. The number of carbonyl (C=O) groups excluding carboxylic acids is 1. The molecule has 0 saturated carbocycles. The van der Waals surface area contributed by atoms with Gasteiger partial charge in [-0.25, -0.2) is 0 Å². The number of hydrogen-bond donors (Lipinski definition) is 0. The monoisotopic (exact) mass is 466 g/mol. The molecule has 34 heavy (non-hydrogen) atoms. The number of hydrogen-bond acceptors (Lipinski definition) is 8. The van der Waals surface area contributed by atoms with Crippen LogP contribution in [0, 0.1) is 20.8 Å². The molecule has 0 spiro atoms. The van der Waals surface area contributed by atoms with Crippen LogP contribution in [-0.4, -0.2) is 59.3 Å². The standard InChI is InChI=1S/C25H30N4O5/c1-17-13-21(27-33-17)15-28-9-11-29(12-10-28)25(30)8-6-20-5-7-23(24(14-20)31-4)32-16-22-18(2)26-34-19(22)3/h5-8,13-14H,9-12,15-16H2,1-4H3/b8-6+. The maximum atomic E-state index is 12.7. The summed E-state index contributed by atoms with van der Waals surface area (Å²) in [6.45, 7) is 9.67. The zero-order chi connectivity index (χ0) is 24.1. The maximum absolute atomic E-state index is 12.7. The van der Waals surface area contributed by atoms with Crippen molar-refractivity contribution < 1.29 is 23.3 Å². The molecule has 3 aromatic rings. The number of nitrogens with zero attached hydrogens (tertiary/aromatic N) is 4. The minimum atomic E-state index is -0.00497. The minimum Gasteiger partial charge on any atom is -0.493 e. The number of aromatic nitrogens is 2. The molecule has 1 aliphatic rings. The van der Waals surface area contributed by atoms with Gasteiger partial charge in [0.25, 0.3) is 0 Å². The highest BCUT2D eigenvalue weighted by molar-refractivity contribution is 5.92. The van der Waals surface area contributed by atoms with Gasteiger partial charge >= 0.3 is 0 Å². The molecule has 0 atom stereocenters. The molecule has 0 N–H and O–H groups in total. The van der Waals surface area contributed by atoms with Crippen molar-refractivity contribution in [3.63, 3.8) is 0 Å². The van der Waals surface area contributed by atoms with Crippen LogP contribution in [0.25, 0.3) is 6.08 Å². The lowest BCUT2D eigenvalue weighted by Crippen LogP contribution is -2.47. The van der Waals surface area contributed by atoms with E-state index in [0.717, 1.165) is 53.7 Å². The molecule has 1 aromatic carbocycles. The number of ether oxygens (including phenoxy) is 2. The smallest absolute Gasteiger partial charge is 0.246 e. The summed E-state index contributed by atoms with van der Waals surface area (Å²) in [6.07, 6.45) is 3.41. The molecule has 0 unspecified atom stereocenters. The Labute approximate surface area is 198 Å². The van der Waals surface area contributed by atoms with Crippen LogP contribution in [0.1, 0.15) is 34.0 Å². The molecular weight excluding hydrogens is 436 g/mol. The second kappa shape index (κ2) is 10.6. The van der Waals surface area contributed by atoms with Crippen molar-refractivity contribution in [1.82, 2.24) is 20.1 Å². The second-order valence-electron chi connectivity index (χ2n) is 8.37. The fraction of sp³-hybridized carbons (Fsp3) is 0.400. The van der Waals surface area contributed by atoms with Crippen molar-refractivity contribution in [2.75, 3.05) is 33.3 Å². The first-order valence-corrected chi connectivity index (χ1v) is 11.3. The third-order valence-electron chi connectivity index (χ3n) is 5.91. The second-order valence-corrected chi connectivity index (χ2v) is 8.37. The number of carbonyl (C=O) groups is 1. The van der Waals surface area contributed by atoms with E-state index in [2.05, 4.69) is 15.2 Å². The minimum absolute atomic E-state index is 0.00497. The molecule has 9 heteroatoms. The lowest BCUT2D eigenvalue weighted by Gasteiger charge is -2.33. The van der Waals surface area contributed by atoms with Crippen LogP contribution in [-0.2, 0) is 17.9 Å². The maximum Gasteiger partial charge on any atom is 0.246 e. The number of piperazine rings is 1. The number of aryl methyl sites for hydroxylation is 3. The molecule has 1 amide bonds. The molecule has 1 saturated heterocycles. The summed E-state index contributed by atoms with van der Waals surface area (Å²) in [7, 11) is 1.59. The Morgan fingerprint density at radius 1 is 1.06 bits per heavy atom. The molecule has 1 aliphatic heterocycles. The lowest BCUT2D eigenvalue weighted by molar-refractivity contribution is -0.127. The fourth-order valence-corrected chi connectivity index (χ4v) is 3.89. The van der Waals surface area contributed by atoms with Crippen molar-refractivity contribution in [3.8, 4) is 11.5 Å².